The highest BCUT2D eigenvalue weighted by Crippen LogP contribution is 2.55. The Hall–Kier alpha value is -0.860. The summed E-state index contributed by atoms with van der Waals surface area (Å²) in [5.74, 6) is 2.68. The summed E-state index contributed by atoms with van der Waals surface area (Å²) in [7, 11) is 1.67. The zero-order chi connectivity index (χ0) is 18.1. The number of carbonyl (C=O) groups excluding carboxylic acids is 1. The fourth-order valence-electron chi connectivity index (χ4n) is 5.42. The molecule has 0 unspecified atom stereocenters. The molecule has 26 heavy (non-hydrogen) atoms. The molecule has 0 aliphatic heterocycles. The molecular weight excluding hydrogens is 368 g/mol. The lowest BCUT2D eigenvalue weighted by Crippen LogP contribution is -2.60. The Morgan fingerprint density at radius 2 is 1.92 bits per heavy atom. The smallest absolute Gasteiger partial charge is 0.233 e. The van der Waals surface area contributed by atoms with Crippen LogP contribution in [0.5, 0.6) is 0 Å². The van der Waals surface area contributed by atoms with E-state index in [2.05, 4.69) is 20.8 Å². The topological polar surface area (TPSA) is 76.1 Å². The van der Waals surface area contributed by atoms with Crippen molar-refractivity contribution in [1.29, 1.82) is 0 Å². The van der Waals surface area contributed by atoms with Crippen molar-refractivity contribution in [2.75, 3.05) is 25.6 Å². The van der Waals surface area contributed by atoms with E-state index >= 15 is 0 Å². The number of ether oxygens (including phenoxy) is 1. The number of aromatic nitrogens is 2. The van der Waals surface area contributed by atoms with Gasteiger partial charge < -0.3 is 15.4 Å². The first-order chi connectivity index (χ1) is 12.5. The number of hydrogen-bond donors (Lipinski definition) is 2. The molecule has 1 atom stereocenters. The average molecular weight is 397 g/mol. The minimum Gasteiger partial charge on any atom is -0.383 e. The van der Waals surface area contributed by atoms with E-state index in [9.17, 15) is 4.79 Å². The zero-order valence-corrected chi connectivity index (χ0v) is 17.1. The van der Waals surface area contributed by atoms with Gasteiger partial charge in [0.2, 0.25) is 11.0 Å². The van der Waals surface area contributed by atoms with Crippen LogP contribution >= 0.6 is 23.1 Å². The Labute approximate surface area is 163 Å². The maximum atomic E-state index is 12.8. The van der Waals surface area contributed by atoms with Gasteiger partial charge in [-0.2, -0.15) is 0 Å². The lowest BCUT2D eigenvalue weighted by molar-refractivity contribution is -0.126. The highest BCUT2D eigenvalue weighted by molar-refractivity contribution is 8.02. The van der Waals surface area contributed by atoms with Gasteiger partial charge in [-0.15, -0.1) is 10.2 Å². The summed E-state index contributed by atoms with van der Waals surface area (Å²) >= 11 is 2.99. The molecule has 1 heterocycles. The van der Waals surface area contributed by atoms with Crippen molar-refractivity contribution in [2.24, 2.45) is 17.8 Å². The van der Waals surface area contributed by atoms with Crippen LogP contribution in [0.3, 0.4) is 0 Å². The summed E-state index contributed by atoms with van der Waals surface area (Å²) in [6, 6.07) is 0. The van der Waals surface area contributed by atoms with Crippen molar-refractivity contribution in [3.05, 3.63) is 0 Å². The van der Waals surface area contributed by atoms with Gasteiger partial charge in [0.25, 0.3) is 0 Å². The monoisotopic (exact) mass is 396 g/mol. The van der Waals surface area contributed by atoms with Gasteiger partial charge in [0.1, 0.15) is 0 Å². The first-order valence-electron chi connectivity index (χ1n) is 9.60. The van der Waals surface area contributed by atoms with Crippen LogP contribution in [0.2, 0.25) is 0 Å². The van der Waals surface area contributed by atoms with Crippen LogP contribution < -0.4 is 10.6 Å². The molecule has 0 saturated heterocycles. The van der Waals surface area contributed by atoms with Crippen LogP contribution in [0, 0.1) is 17.8 Å². The molecule has 1 aromatic rings. The molecule has 144 valence electrons. The minimum atomic E-state index is -0.150. The Balaban J connectivity index is 1.31. The maximum absolute atomic E-state index is 12.8. The van der Waals surface area contributed by atoms with E-state index < -0.39 is 0 Å². The Bertz CT molecular complexity index is 616. The number of nitrogens with zero attached hydrogens (tertiary/aromatic N) is 2. The van der Waals surface area contributed by atoms with Crippen molar-refractivity contribution >= 4 is 34.1 Å². The summed E-state index contributed by atoms with van der Waals surface area (Å²) in [6.45, 7) is 3.31. The summed E-state index contributed by atoms with van der Waals surface area (Å²) in [5, 5.41) is 15.6. The molecule has 6 nitrogen and oxygen atoms in total. The number of thioether (sulfide) groups is 1. The third-order valence-corrected chi connectivity index (χ3v) is 8.13. The molecule has 4 aliphatic rings. The SMILES string of the molecule is COCCNc1nnc(S[C@@H](C)C(=O)NC23CC4CC(CC(C4)C2)C3)s1. The van der Waals surface area contributed by atoms with Crippen LogP contribution in [-0.2, 0) is 9.53 Å². The van der Waals surface area contributed by atoms with Crippen LogP contribution in [0.25, 0.3) is 0 Å². The fourth-order valence-corrected chi connectivity index (χ4v) is 7.34. The molecule has 0 aromatic carbocycles. The van der Waals surface area contributed by atoms with Gasteiger partial charge in [-0.05, 0) is 63.2 Å². The molecule has 4 saturated carbocycles. The first kappa shape index (κ1) is 18.5. The molecule has 8 heteroatoms. The Kier molecular flexibility index (Phi) is 5.43. The van der Waals surface area contributed by atoms with E-state index in [-0.39, 0.29) is 16.7 Å². The number of rotatable bonds is 8. The first-order valence-corrected chi connectivity index (χ1v) is 11.3. The van der Waals surface area contributed by atoms with Crippen LogP contribution in [0.4, 0.5) is 5.13 Å². The molecule has 0 radical (unpaired) electrons. The second-order valence-corrected chi connectivity index (χ2v) is 10.8. The standard InChI is InChI=1S/C18H28N4O2S2/c1-11(25-17-22-21-16(26-17)19-3-4-24-2)15(23)20-18-8-12-5-13(9-18)7-14(6-12)10-18/h11-14H,3-10H2,1-2H3,(H,19,21)(H,20,23)/t11-,12?,13?,14?,18?/m0/s1. The van der Waals surface area contributed by atoms with Crippen molar-refractivity contribution in [3.63, 3.8) is 0 Å². The molecule has 4 bridgehead atoms. The normalized spacial score (nSPS) is 33.2. The van der Waals surface area contributed by atoms with E-state index in [4.69, 9.17) is 4.74 Å². The van der Waals surface area contributed by atoms with E-state index in [1.807, 2.05) is 6.92 Å². The molecule has 4 fully saturated rings. The predicted molar refractivity (Wildman–Crippen MR) is 105 cm³/mol. The number of hydrogen-bond acceptors (Lipinski definition) is 7. The van der Waals surface area contributed by atoms with Gasteiger partial charge in [0.05, 0.1) is 11.9 Å². The van der Waals surface area contributed by atoms with Gasteiger partial charge >= 0.3 is 0 Å². The summed E-state index contributed by atoms with van der Waals surface area (Å²) in [6.07, 6.45) is 7.74. The number of carbonyl (C=O) groups is 1. The number of amides is 1. The van der Waals surface area contributed by atoms with Gasteiger partial charge in [0, 0.05) is 19.2 Å². The predicted octanol–water partition coefficient (Wildman–Crippen LogP) is 3.16. The fraction of sp³-hybridized carbons (Fsp3) is 0.833. The van der Waals surface area contributed by atoms with Crippen molar-refractivity contribution in [2.45, 2.75) is 60.6 Å². The molecule has 0 spiro atoms. The van der Waals surface area contributed by atoms with E-state index in [0.29, 0.717) is 13.2 Å². The van der Waals surface area contributed by atoms with Crippen molar-refractivity contribution in [1.82, 2.24) is 15.5 Å². The Morgan fingerprint density at radius 1 is 1.27 bits per heavy atom. The largest absolute Gasteiger partial charge is 0.383 e. The highest BCUT2D eigenvalue weighted by atomic mass is 32.2. The van der Waals surface area contributed by atoms with Gasteiger partial charge in [0.15, 0.2) is 4.34 Å². The van der Waals surface area contributed by atoms with Gasteiger partial charge in [-0.25, -0.2) is 0 Å². The third-order valence-electron chi connectivity index (χ3n) is 6.06. The maximum Gasteiger partial charge on any atom is 0.233 e. The summed E-state index contributed by atoms with van der Waals surface area (Å²) in [4.78, 5) is 12.8. The van der Waals surface area contributed by atoms with E-state index in [1.54, 1.807) is 7.11 Å². The number of methoxy groups -OCH3 is 1. The van der Waals surface area contributed by atoms with Crippen LogP contribution in [0.1, 0.15) is 45.4 Å². The van der Waals surface area contributed by atoms with Gasteiger partial charge in [-0.3, -0.25) is 4.79 Å². The highest BCUT2D eigenvalue weighted by Gasteiger charge is 2.51. The number of anilines is 1. The third kappa shape index (κ3) is 4.02. The Morgan fingerprint density at radius 3 is 2.54 bits per heavy atom. The minimum absolute atomic E-state index is 0.0780. The summed E-state index contributed by atoms with van der Waals surface area (Å²) in [5.41, 5.74) is 0.0780. The molecule has 1 amide bonds. The molecule has 4 aliphatic carbocycles. The van der Waals surface area contributed by atoms with Crippen LogP contribution in [-0.4, -0.2) is 47.2 Å². The molecular formula is C18H28N4O2S2. The summed E-state index contributed by atoms with van der Waals surface area (Å²) < 4.78 is 5.85. The average Bonchev–Trinajstić information content (AvgIpc) is 3.00. The molecule has 1 aromatic heterocycles. The lowest BCUT2D eigenvalue weighted by atomic mass is 9.53. The second kappa shape index (κ2) is 7.64. The molecule has 5 rings (SSSR count). The lowest BCUT2D eigenvalue weighted by Gasteiger charge is -2.57. The van der Waals surface area contributed by atoms with E-state index in [0.717, 1.165) is 27.2 Å². The van der Waals surface area contributed by atoms with E-state index in [1.165, 1.54) is 61.6 Å². The molecule has 2 N–H and O–H groups in total. The van der Waals surface area contributed by atoms with Gasteiger partial charge in [-0.1, -0.05) is 23.1 Å². The number of nitrogens with one attached hydrogen (secondary N) is 2. The second-order valence-electron chi connectivity index (χ2n) is 8.24. The van der Waals surface area contributed by atoms with Crippen molar-refractivity contribution < 1.29 is 9.53 Å². The zero-order valence-electron chi connectivity index (χ0n) is 15.5. The quantitative estimate of drug-likeness (QED) is 0.519. The van der Waals surface area contributed by atoms with Crippen molar-refractivity contribution in [3.8, 4) is 0 Å². The van der Waals surface area contributed by atoms with Crippen LogP contribution in [0.15, 0.2) is 4.34 Å².